The summed E-state index contributed by atoms with van der Waals surface area (Å²) >= 11 is 2.36. The van der Waals surface area contributed by atoms with E-state index in [4.69, 9.17) is 9.15 Å². The van der Waals surface area contributed by atoms with E-state index in [9.17, 15) is 25.0 Å². The number of carbonyl (C=O) groups is 2. The number of esters is 1. The normalized spacial score (nSPS) is 11.2. The minimum absolute atomic E-state index is 0.159. The average molecular weight is 593 g/mol. The number of nitro groups is 1. The van der Waals surface area contributed by atoms with Crippen molar-refractivity contribution in [1.29, 1.82) is 5.26 Å². The van der Waals surface area contributed by atoms with E-state index in [-0.39, 0.29) is 34.0 Å². The van der Waals surface area contributed by atoms with Gasteiger partial charge in [0, 0.05) is 28.5 Å². The SMILES string of the molecule is CCOC(=O)c1c(NC(=O)C(C#N)=Cc2cc([N+](=O)[O-])ccc2Sc2nnc(-c3ccco3)n2CC)sc(C)c1C. The molecule has 1 aromatic carbocycles. The summed E-state index contributed by atoms with van der Waals surface area (Å²) in [6.07, 6.45) is 2.79. The number of amides is 1. The van der Waals surface area contributed by atoms with Crippen LogP contribution in [0.25, 0.3) is 17.7 Å². The van der Waals surface area contributed by atoms with Crippen molar-refractivity contribution in [2.75, 3.05) is 11.9 Å². The number of nitrogens with zero attached hydrogens (tertiary/aromatic N) is 5. The number of furan rings is 1. The third-order valence-electron chi connectivity index (χ3n) is 5.94. The summed E-state index contributed by atoms with van der Waals surface area (Å²) in [6.45, 7) is 7.81. The van der Waals surface area contributed by atoms with Crippen LogP contribution in [0.4, 0.5) is 10.7 Å². The van der Waals surface area contributed by atoms with Gasteiger partial charge in [0.2, 0.25) is 0 Å². The van der Waals surface area contributed by atoms with E-state index in [0.29, 0.717) is 33.7 Å². The van der Waals surface area contributed by atoms with Crippen molar-refractivity contribution in [1.82, 2.24) is 14.8 Å². The zero-order valence-corrected chi connectivity index (χ0v) is 24.1. The quantitative estimate of drug-likeness (QED) is 0.0756. The Morgan fingerprint density at radius 3 is 2.71 bits per heavy atom. The molecule has 0 saturated carbocycles. The number of nitrogens with one attached hydrogen (secondary N) is 1. The fourth-order valence-corrected chi connectivity index (χ4v) is 5.85. The molecule has 4 aromatic rings. The largest absolute Gasteiger partial charge is 0.462 e. The summed E-state index contributed by atoms with van der Waals surface area (Å²) < 4.78 is 12.4. The predicted molar refractivity (Wildman–Crippen MR) is 153 cm³/mol. The van der Waals surface area contributed by atoms with Crippen LogP contribution in [0.15, 0.2) is 56.6 Å². The molecule has 0 atom stereocenters. The number of thiophene rings is 1. The molecule has 1 N–H and O–H groups in total. The summed E-state index contributed by atoms with van der Waals surface area (Å²) in [5.41, 5.74) is 0.598. The first-order valence-corrected chi connectivity index (χ1v) is 13.9. The van der Waals surface area contributed by atoms with E-state index in [0.717, 1.165) is 4.88 Å². The Bertz CT molecular complexity index is 1700. The molecule has 3 aromatic heterocycles. The van der Waals surface area contributed by atoms with Gasteiger partial charge in [-0.3, -0.25) is 19.5 Å². The number of ether oxygens (including phenoxy) is 1. The molecule has 0 unspecified atom stereocenters. The molecule has 0 radical (unpaired) electrons. The van der Waals surface area contributed by atoms with E-state index < -0.39 is 16.8 Å². The van der Waals surface area contributed by atoms with Gasteiger partial charge in [-0.15, -0.1) is 21.5 Å². The second kappa shape index (κ2) is 12.6. The van der Waals surface area contributed by atoms with Crippen molar-refractivity contribution in [3.63, 3.8) is 0 Å². The van der Waals surface area contributed by atoms with Gasteiger partial charge < -0.3 is 14.5 Å². The lowest BCUT2D eigenvalue weighted by atomic mass is 10.1. The van der Waals surface area contributed by atoms with Gasteiger partial charge in [-0.2, -0.15) is 5.26 Å². The summed E-state index contributed by atoms with van der Waals surface area (Å²) in [5, 5.41) is 33.2. The maximum absolute atomic E-state index is 13.2. The lowest BCUT2D eigenvalue weighted by molar-refractivity contribution is -0.384. The standard InChI is InChI=1S/C27H24N6O6S2/c1-5-32-23(20-8-7-11-39-20)30-31-27(32)41-21-10-9-19(33(36)37)13-17(21)12-18(14-28)24(34)29-25-22(26(35)38-6-2)15(3)16(4)40-25/h7-13H,5-6H2,1-4H3,(H,29,34). The number of aryl methyl sites for hydroxylation is 1. The summed E-state index contributed by atoms with van der Waals surface area (Å²) in [5.74, 6) is -0.327. The van der Waals surface area contributed by atoms with Crippen molar-refractivity contribution in [2.24, 2.45) is 0 Å². The first-order valence-electron chi connectivity index (χ1n) is 12.3. The van der Waals surface area contributed by atoms with Crippen molar-refractivity contribution < 1.29 is 23.7 Å². The minimum atomic E-state index is -0.779. The highest BCUT2D eigenvalue weighted by Crippen LogP contribution is 2.36. The third kappa shape index (κ3) is 6.21. The number of aromatic nitrogens is 3. The molecule has 41 heavy (non-hydrogen) atoms. The van der Waals surface area contributed by atoms with Crippen molar-refractivity contribution in [3.8, 4) is 17.7 Å². The van der Waals surface area contributed by atoms with Crippen LogP contribution in [-0.2, 0) is 16.1 Å². The van der Waals surface area contributed by atoms with Gasteiger partial charge in [0.1, 0.15) is 16.6 Å². The second-order valence-corrected chi connectivity index (χ2v) is 10.7. The summed E-state index contributed by atoms with van der Waals surface area (Å²) in [7, 11) is 0. The summed E-state index contributed by atoms with van der Waals surface area (Å²) in [4.78, 5) is 38.0. The van der Waals surface area contributed by atoms with Crippen LogP contribution in [0, 0.1) is 35.3 Å². The highest BCUT2D eigenvalue weighted by atomic mass is 32.2. The molecule has 0 aliphatic heterocycles. The molecule has 0 aliphatic carbocycles. The van der Waals surface area contributed by atoms with Gasteiger partial charge in [0.15, 0.2) is 16.7 Å². The maximum atomic E-state index is 13.2. The van der Waals surface area contributed by atoms with Crippen LogP contribution in [0.5, 0.6) is 0 Å². The number of anilines is 1. The molecule has 0 aliphatic rings. The highest BCUT2D eigenvalue weighted by molar-refractivity contribution is 7.99. The molecule has 1 amide bonds. The van der Waals surface area contributed by atoms with E-state index in [2.05, 4.69) is 15.5 Å². The monoisotopic (exact) mass is 592 g/mol. The van der Waals surface area contributed by atoms with E-state index in [1.165, 1.54) is 53.6 Å². The van der Waals surface area contributed by atoms with Gasteiger partial charge >= 0.3 is 5.97 Å². The number of rotatable bonds is 10. The topological polar surface area (TPSA) is 166 Å². The first-order chi connectivity index (χ1) is 19.7. The van der Waals surface area contributed by atoms with Crippen LogP contribution in [-0.4, -0.2) is 38.2 Å². The lowest BCUT2D eigenvalue weighted by Crippen LogP contribution is -2.16. The number of hydrogen-bond donors (Lipinski definition) is 1. The van der Waals surface area contributed by atoms with Crippen LogP contribution in [0.1, 0.15) is 40.2 Å². The number of nitriles is 1. The van der Waals surface area contributed by atoms with Gasteiger partial charge in [-0.05, 0) is 74.9 Å². The predicted octanol–water partition coefficient (Wildman–Crippen LogP) is 6.02. The van der Waals surface area contributed by atoms with Crippen LogP contribution in [0.3, 0.4) is 0 Å². The number of hydrogen-bond acceptors (Lipinski definition) is 11. The third-order valence-corrected chi connectivity index (χ3v) is 8.14. The van der Waals surface area contributed by atoms with E-state index in [1.807, 2.05) is 17.6 Å². The molecule has 0 fully saturated rings. The Morgan fingerprint density at radius 2 is 2.07 bits per heavy atom. The maximum Gasteiger partial charge on any atom is 0.341 e. The fourth-order valence-electron chi connectivity index (χ4n) is 3.83. The zero-order valence-electron chi connectivity index (χ0n) is 22.5. The minimum Gasteiger partial charge on any atom is -0.462 e. The number of benzene rings is 1. The smallest absolute Gasteiger partial charge is 0.341 e. The Labute approximate surface area is 242 Å². The molecule has 4 rings (SSSR count). The van der Waals surface area contributed by atoms with Gasteiger partial charge in [0.25, 0.3) is 11.6 Å². The molecule has 0 spiro atoms. The number of non-ortho nitro benzene ring substituents is 1. The Hall–Kier alpha value is -4.74. The number of nitro benzene ring substituents is 1. The molecular weight excluding hydrogens is 568 g/mol. The van der Waals surface area contributed by atoms with Crippen molar-refractivity contribution in [3.05, 3.63) is 73.8 Å². The number of carbonyl (C=O) groups excluding carboxylic acids is 2. The molecular formula is C27H24N6O6S2. The Morgan fingerprint density at radius 1 is 1.29 bits per heavy atom. The van der Waals surface area contributed by atoms with Crippen molar-refractivity contribution in [2.45, 2.75) is 44.3 Å². The van der Waals surface area contributed by atoms with E-state index in [1.54, 1.807) is 32.9 Å². The second-order valence-electron chi connectivity index (χ2n) is 8.44. The molecule has 14 heteroatoms. The van der Waals surface area contributed by atoms with E-state index >= 15 is 0 Å². The zero-order chi connectivity index (χ0) is 29.7. The fraction of sp³-hybridized carbons (Fsp3) is 0.222. The lowest BCUT2D eigenvalue weighted by Gasteiger charge is -2.09. The molecule has 0 bridgehead atoms. The highest BCUT2D eigenvalue weighted by Gasteiger charge is 2.24. The van der Waals surface area contributed by atoms with Gasteiger partial charge in [-0.25, -0.2) is 4.79 Å². The van der Waals surface area contributed by atoms with Gasteiger partial charge in [0.05, 0.1) is 23.4 Å². The van der Waals surface area contributed by atoms with Crippen LogP contribution in [0.2, 0.25) is 0 Å². The molecule has 12 nitrogen and oxygen atoms in total. The Balaban J connectivity index is 1.71. The Kier molecular flexibility index (Phi) is 9.00. The molecule has 3 heterocycles. The molecule has 210 valence electrons. The average Bonchev–Trinajstić information content (AvgIpc) is 3.67. The molecule has 0 saturated heterocycles. The van der Waals surface area contributed by atoms with Crippen molar-refractivity contribution >= 4 is 51.7 Å². The van der Waals surface area contributed by atoms with Crippen LogP contribution >= 0.6 is 23.1 Å². The van der Waals surface area contributed by atoms with Crippen LogP contribution < -0.4 is 5.32 Å². The summed E-state index contributed by atoms with van der Waals surface area (Å²) in [6, 6.07) is 9.48. The van der Waals surface area contributed by atoms with Gasteiger partial charge in [-0.1, -0.05) is 0 Å². The first kappa shape index (κ1) is 29.2.